The molecule has 1 unspecified atom stereocenters. The van der Waals surface area contributed by atoms with E-state index in [-0.39, 0.29) is 13.0 Å². The minimum absolute atomic E-state index is 0.0126. The van der Waals surface area contributed by atoms with Crippen LogP contribution < -0.4 is 5.11 Å². The van der Waals surface area contributed by atoms with E-state index in [0.29, 0.717) is 12.2 Å². The van der Waals surface area contributed by atoms with Crippen molar-refractivity contribution in [2.75, 3.05) is 12.3 Å². The Hall–Kier alpha value is -1.54. The van der Waals surface area contributed by atoms with Crippen molar-refractivity contribution in [3.05, 3.63) is 24.2 Å². The molecule has 1 rings (SSSR count). The second-order valence-electron chi connectivity index (χ2n) is 6.67. The first-order valence-electron chi connectivity index (χ1n) is 9.79. The highest BCUT2D eigenvalue weighted by molar-refractivity contribution is 7.85. The largest absolute Gasteiger partial charge is 0.589 e. The van der Waals surface area contributed by atoms with Gasteiger partial charge in [0.15, 0.2) is 0 Å². The van der Waals surface area contributed by atoms with Crippen molar-refractivity contribution in [3.63, 3.8) is 0 Å². The van der Waals surface area contributed by atoms with Crippen LogP contribution in [0, 0.1) is 0 Å². The fraction of sp³-hybridized carbons (Fsp3) is 0.737. The SMILES string of the molecule is CCCCCCCCCCC(OC([O-])=NCCCS(=O)(=O)O)c1ccco1. The molecule has 1 atom stereocenters. The standard InChI is InChI=1S/C19H33NO6S/c1-2-3-4-5-6-7-8-9-12-18(17-13-10-15-25-17)26-19(21)20-14-11-16-27(22,23)24/h10,13,15,18H,2-9,11-12,14,16H2,1H3,(H,20,21)(H,22,23,24)/p-1. The zero-order valence-electron chi connectivity index (χ0n) is 16.1. The predicted octanol–water partition coefficient (Wildman–Crippen LogP) is 3.86. The van der Waals surface area contributed by atoms with Crippen LogP contribution in [0.4, 0.5) is 0 Å². The summed E-state index contributed by atoms with van der Waals surface area (Å²) < 4.78 is 40.7. The van der Waals surface area contributed by atoms with E-state index < -0.39 is 28.1 Å². The second-order valence-corrected chi connectivity index (χ2v) is 8.24. The number of hydrogen-bond acceptors (Lipinski definition) is 6. The maximum atomic E-state index is 11.9. The molecular formula is C19H32NO6S-. The molecule has 1 heterocycles. The summed E-state index contributed by atoms with van der Waals surface area (Å²) in [5, 5.41) is 11.9. The predicted molar refractivity (Wildman–Crippen MR) is 103 cm³/mol. The van der Waals surface area contributed by atoms with E-state index in [0.717, 1.165) is 12.8 Å². The molecule has 0 radical (unpaired) electrons. The molecule has 1 aromatic rings. The Kier molecular flexibility index (Phi) is 11.8. The summed E-state index contributed by atoms with van der Waals surface area (Å²) in [6.07, 6.45) is 10.5. The molecule has 0 bridgehead atoms. The average Bonchev–Trinajstić information content (AvgIpc) is 3.14. The van der Waals surface area contributed by atoms with Crippen LogP contribution in [0.25, 0.3) is 0 Å². The lowest BCUT2D eigenvalue weighted by molar-refractivity contribution is -0.257. The minimum atomic E-state index is -4.03. The van der Waals surface area contributed by atoms with Crippen molar-refractivity contribution in [3.8, 4) is 0 Å². The molecule has 0 aliphatic heterocycles. The van der Waals surface area contributed by atoms with E-state index in [4.69, 9.17) is 13.7 Å². The van der Waals surface area contributed by atoms with Gasteiger partial charge in [0.25, 0.3) is 10.1 Å². The van der Waals surface area contributed by atoms with Gasteiger partial charge >= 0.3 is 0 Å². The van der Waals surface area contributed by atoms with Crippen molar-refractivity contribution in [2.45, 2.75) is 77.2 Å². The number of rotatable bonds is 15. The van der Waals surface area contributed by atoms with Crippen molar-refractivity contribution < 1.29 is 27.2 Å². The maximum Gasteiger partial charge on any atom is 0.264 e. The van der Waals surface area contributed by atoms with Crippen LogP contribution in [0.1, 0.15) is 83.0 Å². The number of furan rings is 1. The van der Waals surface area contributed by atoms with Gasteiger partial charge in [-0.25, -0.2) is 0 Å². The van der Waals surface area contributed by atoms with Gasteiger partial charge in [0.05, 0.1) is 18.1 Å². The van der Waals surface area contributed by atoms with Gasteiger partial charge in [0.2, 0.25) is 0 Å². The van der Waals surface area contributed by atoms with E-state index in [9.17, 15) is 13.5 Å². The molecule has 0 spiro atoms. The number of unbranched alkanes of at least 4 members (excludes halogenated alkanes) is 7. The molecule has 0 aromatic carbocycles. The summed E-state index contributed by atoms with van der Waals surface area (Å²) in [5.41, 5.74) is 0. The normalized spacial score (nSPS) is 13.6. The van der Waals surface area contributed by atoms with Crippen molar-refractivity contribution >= 4 is 16.2 Å². The van der Waals surface area contributed by atoms with Gasteiger partial charge in [0, 0.05) is 6.54 Å². The van der Waals surface area contributed by atoms with Gasteiger partial charge < -0.3 is 14.3 Å². The third-order valence-corrected chi connectivity index (χ3v) is 5.03. The Morgan fingerprint density at radius 2 is 1.85 bits per heavy atom. The number of nitrogens with zero attached hydrogens (tertiary/aromatic N) is 1. The highest BCUT2D eigenvalue weighted by Gasteiger charge is 2.11. The third kappa shape index (κ3) is 12.5. The summed E-state index contributed by atoms with van der Waals surface area (Å²) in [6, 6.07) is 3.51. The van der Waals surface area contributed by atoms with Gasteiger partial charge in [0.1, 0.15) is 11.8 Å². The summed E-state index contributed by atoms with van der Waals surface area (Å²) in [7, 11) is -4.03. The van der Waals surface area contributed by atoms with Crippen LogP contribution in [-0.2, 0) is 14.9 Å². The number of aliphatic imine (C=N–C) groups is 1. The molecule has 0 amide bonds. The van der Waals surface area contributed by atoms with Crippen LogP contribution >= 0.6 is 0 Å². The van der Waals surface area contributed by atoms with E-state index in [1.165, 1.54) is 44.8 Å². The Morgan fingerprint density at radius 3 is 2.44 bits per heavy atom. The van der Waals surface area contributed by atoms with Crippen LogP contribution in [0.2, 0.25) is 0 Å². The zero-order valence-corrected chi connectivity index (χ0v) is 17.0. The minimum Gasteiger partial charge on any atom is -0.589 e. The maximum absolute atomic E-state index is 11.9. The monoisotopic (exact) mass is 402 g/mol. The number of ether oxygens (including phenoxy) is 1. The Morgan fingerprint density at radius 1 is 1.19 bits per heavy atom. The summed E-state index contributed by atoms with van der Waals surface area (Å²) in [6.45, 7) is 2.19. The molecular weight excluding hydrogens is 370 g/mol. The Labute approximate surface area is 162 Å². The van der Waals surface area contributed by atoms with Crippen LogP contribution in [-0.4, -0.2) is 31.4 Å². The van der Waals surface area contributed by atoms with Crippen molar-refractivity contribution in [2.24, 2.45) is 4.99 Å². The average molecular weight is 403 g/mol. The summed E-state index contributed by atoms with van der Waals surface area (Å²) >= 11 is 0. The second kappa shape index (κ2) is 13.6. The lowest BCUT2D eigenvalue weighted by Crippen LogP contribution is -2.24. The molecule has 27 heavy (non-hydrogen) atoms. The quantitative estimate of drug-likeness (QED) is 0.206. The lowest BCUT2D eigenvalue weighted by Gasteiger charge is -2.24. The highest BCUT2D eigenvalue weighted by atomic mass is 32.2. The van der Waals surface area contributed by atoms with Crippen LogP contribution in [0.15, 0.2) is 27.8 Å². The number of hydrogen-bond donors (Lipinski definition) is 1. The molecule has 1 aromatic heterocycles. The summed E-state index contributed by atoms with van der Waals surface area (Å²) in [5.74, 6) is 0.156. The molecule has 0 saturated carbocycles. The van der Waals surface area contributed by atoms with Crippen molar-refractivity contribution in [1.29, 1.82) is 0 Å². The van der Waals surface area contributed by atoms with Gasteiger partial charge in [-0.1, -0.05) is 58.3 Å². The zero-order chi connectivity index (χ0) is 20.0. The van der Waals surface area contributed by atoms with E-state index in [1.807, 2.05) is 0 Å². The lowest BCUT2D eigenvalue weighted by atomic mass is 10.0. The molecule has 0 fully saturated rings. The molecule has 8 heteroatoms. The third-order valence-electron chi connectivity index (χ3n) is 4.22. The van der Waals surface area contributed by atoms with Crippen molar-refractivity contribution in [1.82, 2.24) is 0 Å². The molecule has 0 aliphatic carbocycles. The first kappa shape index (κ1) is 23.5. The molecule has 1 N–H and O–H groups in total. The van der Waals surface area contributed by atoms with Gasteiger partial charge in [-0.15, -0.1) is 0 Å². The van der Waals surface area contributed by atoms with E-state index >= 15 is 0 Å². The molecule has 0 saturated heterocycles. The first-order valence-corrected chi connectivity index (χ1v) is 11.4. The Balaban J connectivity index is 2.35. The fourth-order valence-electron chi connectivity index (χ4n) is 2.77. The van der Waals surface area contributed by atoms with E-state index in [1.54, 1.807) is 12.1 Å². The summed E-state index contributed by atoms with van der Waals surface area (Å²) in [4.78, 5) is 3.68. The highest BCUT2D eigenvalue weighted by Crippen LogP contribution is 2.24. The van der Waals surface area contributed by atoms with Crippen LogP contribution in [0.3, 0.4) is 0 Å². The fourth-order valence-corrected chi connectivity index (χ4v) is 3.27. The van der Waals surface area contributed by atoms with E-state index in [2.05, 4.69) is 11.9 Å². The first-order chi connectivity index (χ1) is 12.9. The van der Waals surface area contributed by atoms with Gasteiger partial charge in [-0.05, 0) is 25.0 Å². The topological polar surface area (TPSA) is 112 Å². The van der Waals surface area contributed by atoms with Gasteiger partial charge in [-0.3, -0.25) is 9.55 Å². The molecule has 156 valence electrons. The van der Waals surface area contributed by atoms with Gasteiger partial charge in [-0.2, -0.15) is 8.42 Å². The Bertz CT molecular complexity index is 612. The smallest absolute Gasteiger partial charge is 0.264 e. The molecule has 7 nitrogen and oxygen atoms in total. The van der Waals surface area contributed by atoms with Crippen LogP contribution in [0.5, 0.6) is 0 Å². The molecule has 0 aliphatic rings.